The molecule has 0 fully saturated rings. The predicted molar refractivity (Wildman–Crippen MR) is 158 cm³/mol. The number of para-hydroxylation sites is 1. The maximum atomic E-state index is 15.4. The molecule has 4 N–H and O–H groups in total. The lowest BCUT2D eigenvalue weighted by atomic mass is 10.1. The fraction of sp³-hybridized carbons (Fsp3) is 0.111. The van der Waals surface area contributed by atoms with E-state index in [-0.39, 0.29) is 39.2 Å². The number of ether oxygens (including phenoxy) is 1. The predicted octanol–water partition coefficient (Wildman–Crippen LogP) is 6.58. The summed E-state index contributed by atoms with van der Waals surface area (Å²) in [5, 5.41) is 5.97. The van der Waals surface area contributed by atoms with Gasteiger partial charge in [0.1, 0.15) is 23.0 Å². The number of ketones is 1. The first-order valence-corrected chi connectivity index (χ1v) is 14.2. The number of hydrazone groups is 1. The third kappa shape index (κ3) is 6.06. The van der Waals surface area contributed by atoms with Crippen LogP contribution in [0.15, 0.2) is 71.1 Å². The Morgan fingerprint density at radius 1 is 1.15 bits per heavy atom. The number of aryl methyl sites for hydroxylation is 1. The molecular formula is C27H24Cl2FN5O4S. The van der Waals surface area contributed by atoms with Gasteiger partial charge in [0.25, 0.3) is 0 Å². The Kier molecular flexibility index (Phi) is 8.10. The number of carbonyl (C=O) groups excluding carboxylic acids is 1. The number of hydrogen-bond donors (Lipinski definition) is 3. The molecule has 0 amide bonds. The molecule has 0 spiro atoms. The van der Waals surface area contributed by atoms with Crippen molar-refractivity contribution in [3.63, 3.8) is 0 Å². The van der Waals surface area contributed by atoms with E-state index >= 15 is 4.39 Å². The van der Waals surface area contributed by atoms with Crippen molar-refractivity contribution >= 4 is 68.0 Å². The molecule has 4 aromatic rings. The summed E-state index contributed by atoms with van der Waals surface area (Å²) in [6, 6.07) is 14.0. The minimum absolute atomic E-state index is 0.0221. The number of allylic oxidation sites excluding steroid dienone is 1. The van der Waals surface area contributed by atoms with E-state index in [1.807, 2.05) is 0 Å². The molecule has 0 aliphatic rings. The fourth-order valence-electron chi connectivity index (χ4n) is 3.98. The highest BCUT2D eigenvalue weighted by molar-refractivity contribution is 7.92. The Balaban J connectivity index is 1.67. The van der Waals surface area contributed by atoms with Crippen molar-refractivity contribution in [1.29, 1.82) is 0 Å². The smallest absolute Gasteiger partial charge is 0.229 e. The summed E-state index contributed by atoms with van der Waals surface area (Å²) >= 11 is 12.3. The highest BCUT2D eigenvalue weighted by atomic mass is 35.5. The maximum Gasteiger partial charge on any atom is 0.229 e. The van der Waals surface area contributed by atoms with Gasteiger partial charge in [0, 0.05) is 29.3 Å². The van der Waals surface area contributed by atoms with Crippen LogP contribution in [0.4, 0.5) is 15.8 Å². The lowest BCUT2D eigenvalue weighted by molar-refractivity contribution is 0.102. The van der Waals surface area contributed by atoms with E-state index in [2.05, 4.69) is 21.5 Å². The number of nitrogens with zero attached hydrogens (tertiary/aromatic N) is 2. The van der Waals surface area contributed by atoms with Crippen LogP contribution in [0.5, 0.6) is 11.5 Å². The van der Waals surface area contributed by atoms with Gasteiger partial charge >= 0.3 is 0 Å². The van der Waals surface area contributed by atoms with Crippen molar-refractivity contribution in [1.82, 2.24) is 4.98 Å². The number of Topliss-reactive ketones (excluding diaryl/α,β-unsaturated/α-hetero) is 1. The lowest BCUT2D eigenvalue weighted by Gasteiger charge is -2.23. The molecule has 1 heterocycles. The van der Waals surface area contributed by atoms with Crippen molar-refractivity contribution in [3.8, 4) is 11.5 Å². The van der Waals surface area contributed by atoms with Gasteiger partial charge in [-0.1, -0.05) is 35.3 Å². The van der Waals surface area contributed by atoms with Crippen LogP contribution in [-0.4, -0.2) is 32.2 Å². The zero-order chi connectivity index (χ0) is 29.4. The molecule has 0 saturated heterocycles. The topological polar surface area (TPSA) is 130 Å². The van der Waals surface area contributed by atoms with Crippen LogP contribution in [0.3, 0.4) is 0 Å². The van der Waals surface area contributed by atoms with Crippen LogP contribution in [0.2, 0.25) is 10.0 Å². The molecule has 0 bridgehead atoms. The number of hydrogen-bond acceptors (Lipinski definition) is 7. The highest BCUT2D eigenvalue weighted by Crippen LogP contribution is 2.35. The maximum absolute atomic E-state index is 15.4. The van der Waals surface area contributed by atoms with Gasteiger partial charge in [-0.3, -0.25) is 9.52 Å². The van der Waals surface area contributed by atoms with Crippen molar-refractivity contribution in [3.05, 3.63) is 93.1 Å². The number of aromatic amines is 1. The number of aromatic nitrogens is 1. The SMILES string of the molecule is C=NN(/C(N)=C(\C)C(=O)c1cc2cc(Cl)c(NS(C)(=O)=O)cc2[nH]1)c1c(C)cc(Oc2ccccc2Cl)cc1F. The molecule has 3 aromatic carbocycles. The summed E-state index contributed by atoms with van der Waals surface area (Å²) in [5.41, 5.74) is 7.49. The normalized spacial score (nSPS) is 12.2. The molecule has 0 saturated carbocycles. The zero-order valence-corrected chi connectivity index (χ0v) is 23.9. The van der Waals surface area contributed by atoms with Gasteiger partial charge in [-0.25, -0.2) is 17.8 Å². The van der Waals surface area contributed by atoms with E-state index in [1.165, 1.54) is 19.1 Å². The Bertz CT molecular complexity index is 1780. The fourth-order valence-corrected chi connectivity index (χ4v) is 5.00. The second-order valence-corrected chi connectivity index (χ2v) is 11.4. The van der Waals surface area contributed by atoms with Gasteiger partial charge in [0.2, 0.25) is 15.8 Å². The number of fused-ring (bicyclic) bond motifs is 1. The van der Waals surface area contributed by atoms with E-state index < -0.39 is 21.6 Å². The van der Waals surface area contributed by atoms with Gasteiger partial charge in [0.15, 0.2) is 5.82 Å². The van der Waals surface area contributed by atoms with E-state index in [1.54, 1.807) is 43.3 Å². The minimum Gasteiger partial charge on any atom is -0.456 e. The van der Waals surface area contributed by atoms with E-state index in [0.717, 1.165) is 17.3 Å². The van der Waals surface area contributed by atoms with Gasteiger partial charge in [-0.05, 0) is 55.8 Å². The molecule has 4 rings (SSSR count). The van der Waals surface area contributed by atoms with Crippen LogP contribution in [-0.2, 0) is 10.0 Å². The zero-order valence-electron chi connectivity index (χ0n) is 21.6. The molecule has 13 heteroatoms. The number of anilines is 2. The Morgan fingerprint density at radius 2 is 1.85 bits per heavy atom. The number of nitrogens with two attached hydrogens (primary N) is 1. The lowest BCUT2D eigenvalue weighted by Crippen LogP contribution is -2.27. The van der Waals surface area contributed by atoms with Crippen molar-refractivity contribution in [2.24, 2.45) is 10.8 Å². The number of sulfonamides is 1. The highest BCUT2D eigenvalue weighted by Gasteiger charge is 2.23. The van der Waals surface area contributed by atoms with Crippen molar-refractivity contribution in [2.75, 3.05) is 16.0 Å². The first-order chi connectivity index (χ1) is 18.8. The molecule has 0 atom stereocenters. The summed E-state index contributed by atoms with van der Waals surface area (Å²) in [4.78, 5) is 16.3. The average Bonchev–Trinajstić information content (AvgIpc) is 3.28. The standard InChI is InChI=1S/C27H24Cl2FN5O4S/c1-14-9-17(39-24-8-6-5-7-18(24)28)12-20(30)25(14)35(32-3)27(31)15(2)26(36)23-11-16-10-19(29)22(13-21(16)33-23)34-40(4,37)38/h5-13,33-34H,3,31H2,1-2,4H3/b27-15+. The first-order valence-electron chi connectivity index (χ1n) is 11.6. The molecule has 0 aliphatic carbocycles. The monoisotopic (exact) mass is 603 g/mol. The molecule has 1 aromatic heterocycles. The number of nitrogens with one attached hydrogen (secondary N) is 2. The van der Waals surface area contributed by atoms with Crippen LogP contribution < -0.4 is 20.2 Å². The quantitative estimate of drug-likeness (QED) is 0.0857. The number of rotatable bonds is 9. The van der Waals surface area contributed by atoms with Crippen LogP contribution >= 0.6 is 23.2 Å². The van der Waals surface area contributed by atoms with Crippen molar-refractivity contribution < 1.29 is 22.3 Å². The minimum atomic E-state index is -3.57. The van der Waals surface area contributed by atoms with Crippen LogP contribution in [0, 0.1) is 12.7 Å². The summed E-state index contributed by atoms with van der Waals surface area (Å²) in [7, 11) is -3.57. The summed E-state index contributed by atoms with van der Waals surface area (Å²) < 4.78 is 46.7. The number of halogens is 3. The molecule has 0 radical (unpaired) electrons. The average molecular weight is 604 g/mol. The Hall–Kier alpha value is -4.06. The third-order valence-corrected chi connectivity index (χ3v) is 7.06. The second kappa shape index (κ2) is 11.2. The summed E-state index contributed by atoms with van der Waals surface area (Å²) in [6.45, 7) is 6.59. The Morgan fingerprint density at radius 3 is 2.48 bits per heavy atom. The van der Waals surface area contributed by atoms with Crippen molar-refractivity contribution in [2.45, 2.75) is 13.8 Å². The summed E-state index contributed by atoms with van der Waals surface area (Å²) in [6.07, 6.45) is 0.998. The van der Waals surface area contributed by atoms with Gasteiger partial charge in [-0.2, -0.15) is 5.10 Å². The van der Waals surface area contributed by atoms with Crippen LogP contribution in [0.25, 0.3) is 10.9 Å². The molecule has 208 valence electrons. The third-order valence-electron chi connectivity index (χ3n) is 5.85. The molecular weight excluding hydrogens is 580 g/mol. The Labute approximate surface area is 240 Å². The summed E-state index contributed by atoms with van der Waals surface area (Å²) in [5.74, 6) is -0.823. The van der Waals surface area contributed by atoms with E-state index in [4.69, 9.17) is 33.7 Å². The van der Waals surface area contributed by atoms with Gasteiger partial charge in [0.05, 0.1) is 27.7 Å². The number of H-pyrrole nitrogens is 1. The molecule has 0 aliphatic heterocycles. The number of carbonyl (C=O) groups is 1. The largest absolute Gasteiger partial charge is 0.456 e. The van der Waals surface area contributed by atoms with E-state index in [0.29, 0.717) is 27.2 Å². The molecule has 9 nitrogen and oxygen atoms in total. The van der Waals surface area contributed by atoms with Crippen LogP contribution in [0.1, 0.15) is 23.0 Å². The van der Waals surface area contributed by atoms with Gasteiger partial charge < -0.3 is 15.5 Å². The van der Waals surface area contributed by atoms with Gasteiger partial charge in [-0.15, -0.1) is 0 Å². The first kappa shape index (κ1) is 28.9. The second-order valence-electron chi connectivity index (χ2n) is 8.87. The number of benzene rings is 3. The molecule has 0 unspecified atom stereocenters. The van der Waals surface area contributed by atoms with E-state index in [9.17, 15) is 13.2 Å². The molecule has 40 heavy (non-hydrogen) atoms.